The summed E-state index contributed by atoms with van der Waals surface area (Å²) in [7, 11) is -3.66. The number of rotatable bonds is 3. The minimum Gasteiger partial charge on any atom is -0.332 e. The first kappa shape index (κ1) is 13.4. The second-order valence-electron chi connectivity index (χ2n) is 3.57. The monoisotopic (exact) mass is 349 g/mol. The topological polar surface area (TPSA) is 74.8 Å². The summed E-state index contributed by atoms with van der Waals surface area (Å²) in [4.78, 5) is 6.51. The molecule has 0 aliphatic rings. The van der Waals surface area contributed by atoms with Crippen LogP contribution in [0.15, 0.2) is 33.9 Å². The highest BCUT2D eigenvalue weighted by molar-refractivity contribution is 9.10. The standard InChI is InChI=1S/C10H9BrClN3O2S/c1-6-13-5-10(14-6)18(16,17)15-7-2-3-8(11)9(12)4-7/h2-5,15H,1H3,(H,13,14). The molecule has 0 saturated carbocycles. The number of hydrogen-bond donors (Lipinski definition) is 2. The van der Waals surface area contributed by atoms with E-state index in [0.29, 0.717) is 21.0 Å². The van der Waals surface area contributed by atoms with Crippen molar-refractivity contribution >= 4 is 43.2 Å². The summed E-state index contributed by atoms with van der Waals surface area (Å²) >= 11 is 9.12. The number of aromatic nitrogens is 2. The highest BCUT2D eigenvalue weighted by Crippen LogP contribution is 2.26. The van der Waals surface area contributed by atoms with E-state index in [1.807, 2.05) is 0 Å². The highest BCUT2D eigenvalue weighted by Gasteiger charge is 2.16. The van der Waals surface area contributed by atoms with Crippen LogP contribution in [0.1, 0.15) is 5.82 Å². The number of sulfonamides is 1. The molecule has 1 aromatic carbocycles. The summed E-state index contributed by atoms with van der Waals surface area (Å²) in [5.41, 5.74) is 0.385. The molecular weight excluding hydrogens is 342 g/mol. The van der Waals surface area contributed by atoms with Crippen LogP contribution in [0.4, 0.5) is 5.69 Å². The van der Waals surface area contributed by atoms with Crippen molar-refractivity contribution in [1.82, 2.24) is 9.97 Å². The number of imidazole rings is 1. The fourth-order valence-electron chi connectivity index (χ4n) is 1.30. The number of H-pyrrole nitrogens is 1. The summed E-state index contributed by atoms with van der Waals surface area (Å²) in [5, 5.41) is 0.440. The summed E-state index contributed by atoms with van der Waals surface area (Å²) in [5.74, 6) is 0.532. The number of nitrogens with one attached hydrogen (secondary N) is 2. The lowest BCUT2D eigenvalue weighted by Gasteiger charge is -2.07. The molecule has 2 rings (SSSR count). The Morgan fingerprint density at radius 2 is 2.17 bits per heavy atom. The smallest absolute Gasteiger partial charge is 0.278 e. The lowest BCUT2D eigenvalue weighted by atomic mass is 10.3. The SMILES string of the molecule is Cc1ncc(S(=O)(=O)Nc2ccc(Br)c(Cl)c2)[nH]1. The zero-order valence-electron chi connectivity index (χ0n) is 9.24. The van der Waals surface area contributed by atoms with Gasteiger partial charge in [-0.3, -0.25) is 4.72 Å². The largest absolute Gasteiger partial charge is 0.332 e. The van der Waals surface area contributed by atoms with Crippen molar-refractivity contribution in [2.45, 2.75) is 11.9 Å². The third-order valence-corrected chi connectivity index (χ3v) is 4.66. The van der Waals surface area contributed by atoms with Gasteiger partial charge in [-0.15, -0.1) is 0 Å². The first-order valence-electron chi connectivity index (χ1n) is 4.88. The lowest BCUT2D eigenvalue weighted by molar-refractivity contribution is 0.598. The van der Waals surface area contributed by atoms with Crippen LogP contribution in [0, 0.1) is 6.92 Å². The molecule has 0 aliphatic heterocycles. The quantitative estimate of drug-likeness (QED) is 0.893. The van der Waals surface area contributed by atoms with Gasteiger partial charge in [-0.2, -0.15) is 8.42 Å². The molecule has 0 radical (unpaired) electrons. The van der Waals surface area contributed by atoms with Crippen LogP contribution in [0.25, 0.3) is 0 Å². The van der Waals surface area contributed by atoms with Crippen LogP contribution in [0.5, 0.6) is 0 Å². The number of nitrogens with zero attached hydrogens (tertiary/aromatic N) is 1. The molecule has 5 nitrogen and oxygen atoms in total. The number of benzene rings is 1. The third-order valence-electron chi connectivity index (χ3n) is 2.14. The van der Waals surface area contributed by atoms with Gasteiger partial charge in [0.05, 0.1) is 16.9 Å². The molecule has 96 valence electrons. The predicted molar refractivity (Wildman–Crippen MR) is 73.3 cm³/mol. The van der Waals surface area contributed by atoms with Crippen molar-refractivity contribution < 1.29 is 8.42 Å². The molecule has 0 atom stereocenters. The molecule has 1 aromatic heterocycles. The van der Waals surface area contributed by atoms with Crippen molar-refractivity contribution in [2.75, 3.05) is 4.72 Å². The van der Waals surface area contributed by atoms with E-state index in [4.69, 9.17) is 11.6 Å². The van der Waals surface area contributed by atoms with Gasteiger partial charge in [0, 0.05) is 4.47 Å². The first-order valence-corrected chi connectivity index (χ1v) is 7.53. The molecule has 0 spiro atoms. The van der Waals surface area contributed by atoms with E-state index in [9.17, 15) is 8.42 Å². The number of aromatic amines is 1. The summed E-state index contributed by atoms with van der Waals surface area (Å²) in [6.07, 6.45) is 1.26. The number of halogens is 2. The minimum absolute atomic E-state index is 0.0130. The molecule has 1 heterocycles. The van der Waals surface area contributed by atoms with Crippen LogP contribution < -0.4 is 4.72 Å². The van der Waals surface area contributed by atoms with Gasteiger partial charge in [0.25, 0.3) is 10.0 Å². The van der Waals surface area contributed by atoms with Crippen molar-refractivity contribution in [1.29, 1.82) is 0 Å². The Labute approximate surface area is 118 Å². The molecule has 2 aromatic rings. The molecule has 18 heavy (non-hydrogen) atoms. The second kappa shape index (κ2) is 4.91. The molecular formula is C10H9BrClN3O2S. The second-order valence-corrected chi connectivity index (χ2v) is 6.48. The average molecular weight is 351 g/mol. The summed E-state index contributed by atoms with van der Waals surface area (Å²) < 4.78 is 27.1. The zero-order chi connectivity index (χ0) is 13.3. The zero-order valence-corrected chi connectivity index (χ0v) is 12.4. The first-order chi connectivity index (χ1) is 8.38. The van der Waals surface area contributed by atoms with Crippen LogP contribution in [0.2, 0.25) is 5.02 Å². The maximum atomic E-state index is 12.0. The van der Waals surface area contributed by atoms with Gasteiger partial charge in [0.2, 0.25) is 0 Å². The van der Waals surface area contributed by atoms with E-state index in [1.165, 1.54) is 12.3 Å². The Balaban J connectivity index is 2.30. The van der Waals surface area contributed by atoms with E-state index >= 15 is 0 Å². The normalized spacial score (nSPS) is 11.5. The molecule has 0 unspecified atom stereocenters. The van der Waals surface area contributed by atoms with Gasteiger partial charge in [-0.25, -0.2) is 4.98 Å². The fraction of sp³-hybridized carbons (Fsp3) is 0.100. The molecule has 0 aliphatic carbocycles. The lowest BCUT2D eigenvalue weighted by Crippen LogP contribution is -2.13. The van der Waals surface area contributed by atoms with Gasteiger partial charge >= 0.3 is 0 Å². The van der Waals surface area contributed by atoms with Gasteiger partial charge in [-0.1, -0.05) is 11.6 Å². The molecule has 0 amide bonds. The molecule has 8 heteroatoms. The van der Waals surface area contributed by atoms with Crippen molar-refractivity contribution in [2.24, 2.45) is 0 Å². The number of anilines is 1. The Bertz CT molecular complexity index is 684. The van der Waals surface area contributed by atoms with E-state index in [-0.39, 0.29) is 5.03 Å². The Hall–Kier alpha value is -1.05. The van der Waals surface area contributed by atoms with Crippen molar-refractivity contribution in [3.8, 4) is 0 Å². The van der Waals surface area contributed by atoms with E-state index in [2.05, 4.69) is 30.6 Å². The molecule has 0 saturated heterocycles. The number of aryl methyl sites for hydroxylation is 1. The van der Waals surface area contributed by atoms with Gasteiger partial charge < -0.3 is 4.98 Å². The summed E-state index contributed by atoms with van der Waals surface area (Å²) in [6, 6.07) is 4.79. The van der Waals surface area contributed by atoms with Crippen LogP contribution >= 0.6 is 27.5 Å². The summed E-state index contributed by atoms with van der Waals surface area (Å²) in [6.45, 7) is 1.68. The van der Waals surface area contributed by atoms with Crippen LogP contribution in [0.3, 0.4) is 0 Å². The molecule has 0 fully saturated rings. The van der Waals surface area contributed by atoms with Gasteiger partial charge in [0.1, 0.15) is 5.82 Å². The predicted octanol–water partition coefficient (Wildman–Crippen LogP) is 2.93. The average Bonchev–Trinajstić information content (AvgIpc) is 2.71. The maximum absolute atomic E-state index is 12.0. The molecule has 2 N–H and O–H groups in total. The Morgan fingerprint density at radius 3 is 2.72 bits per heavy atom. The Morgan fingerprint density at radius 1 is 1.44 bits per heavy atom. The van der Waals surface area contributed by atoms with E-state index < -0.39 is 10.0 Å². The van der Waals surface area contributed by atoms with Crippen molar-refractivity contribution in [3.05, 3.63) is 39.7 Å². The van der Waals surface area contributed by atoms with E-state index in [0.717, 1.165) is 0 Å². The van der Waals surface area contributed by atoms with E-state index in [1.54, 1.807) is 19.1 Å². The highest BCUT2D eigenvalue weighted by atomic mass is 79.9. The fourth-order valence-corrected chi connectivity index (χ4v) is 2.75. The van der Waals surface area contributed by atoms with Crippen LogP contribution in [-0.4, -0.2) is 18.4 Å². The van der Waals surface area contributed by atoms with Gasteiger partial charge in [-0.05, 0) is 41.1 Å². The van der Waals surface area contributed by atoms with Crippen molar-refractivity contribution in [3.63, 3.8) is 0 Å². The minimum atomic E-state index is -3.66. The third kappa shape index (κ3) is 2.85. The maximum Gasteiger partial charge on any atom is 0.278 e. The Kier molecular flexibility index (Phi) is 3.65. The van der Waals surface area contributed by atoms with Gasteiger partial charge in [0.15, 0.2) is 5.03 Å². The number of hydrogen-bond acceptors (Lipinski definition) is 3. The van der Waals surface area contributed by atoms with Crippen LogP contribution in [-0.2, 0) is 10.0 Å². The molecule has 0 bridgehead atoms.